The minimum atomic E-state index is 0.110. The van der Waals surface area contributed by atoms with Crippen molar-refractivity contribution in [2.45, 2.75) is 140 Å². The molecule has 0 aromatic heterocycles. The first-order valence-corrected chi connectivity index (χ1v) is 16.4. The average Bonchev–Trinajstić information content (AvgIpc) is 3.42. The van der Waals surface area contributed by atoms with Crippen LogP contribution in [0.1, 0.15) is 138 Å². The Morgan fingerprint density at radius 1 is 0.750 bits per heavy atom. The summed E-state index contributed by atoms with van der Waals surface area (Å²) in [5.74, 6) is 1.79. The van der Waals surface area contributed by atoms with Gasteiger partial charge in [-0.1, -0.05) is 87.1 Å². The first-order chi connectivity index (χ1) is 19.5. The van der Waals surface area contributed by atoms with Crippen LogP contribution < -0.4 is 10.6 Å². The van der Waals surface area contributed by atoms with Crippen molar-refractivity contribution in [3.05, 3.63) is 70.8 Å². The highest BCUT2D eigenvalue weighted by molar-refractivity contribution is 5.74. The van der Waals surface area contributed by atoms with Gasteiger partial charge in [0.05, 0.1) is 0 Å². The molecular formula is C36H53N3O. The summed E-state index contributed by atoms with van der Waals surface area (Å²) in [6.07, 6.45) is 14.8. The molecule has 0 radical (unpaired) electrons. The molecule has 0 amide bonds. The standard InChI is InChI=1S/C36H53N3O/c1-25(2)38-36(39-26(3)4)40-33-23-34(37-24-33)35(31-19-15-29(16-20-31)27-11-7-5-8-12-27)32-21-17-30(18-22-32)28-13-9-6-10-14-28/h15-22,25-28,33-35,37H,5-14,23-24H2,1-4H3,(H,38,39). The van der Waals surface area contributed by atoms with Crippen LogP contribution in [-0.2, 0) is 4.74 Å². The van der Waals surface area contributed by atoms with Gasteiger partial charge in [-0.05, 0) is 87.5 Å². The third-order valence-electron chi connectivity index (χ3n) is 9.34. The number of benzene rings is 2. The molecule has 5 rings (SSSR count). The highest BCUT2D eigenvalue weighted by Gasteiger charge is 2.34. The molecule has 2 aromatic carbocycles. The molecule has 2 saturated carbocycles. The lowest BCUT2D eigenvalue weighted by Crippen LogP contribution is -2.36. The lowest BCUT2D eigenvalue weighted by Gasteiger charge is -2.28. The average molecular weight is 544 g/mol. The van der Waals surface area contributed by atoms with E-state index in [2.05, 4.69) is 86.9 Å². The van der Waals surface area contributed by atoms with Crippen LogP contribution in [0.3, 0.4) is 0 Å². The Bertz CT molecular complexity index is 1000. The first kappa shape index (κ1) is 29.2. The van der Waals surface area contributed by atoms with Gasteiger partial charge in [-0.3, -0.25) is 0 Å². The predicted octanol–water partition coefficient (Wildman–Crippen LogP) is 8.42. The van der Waals surface area contributed by atoms with Crippen molar-refractivity contribution in [1.82, 2.24) is 10.6 Å². The number of aliphatic imine (C=N–C) groups is 1. The monoisotopic (exact) mass is 543 g/mol. The second-order valence-corrected chi connectivity index (χ2v) is 13.3. The van der Waals surface area contributed by atoms with Gasteiger partial charge in [-0.15, -0.1) is 0 Å². The number of ether oxygens (including phenoxy) is 1. The van der Waals surface area contributed by atoms with Crippen molar-refractivity contribution in [2.75, 3.05) is 6.54 Å². The van der Waals surface area contributed by atoms with Crippen LogP contribution in [0.15, 0.2) is 53.5 Å². The normalized spacial score (nSPS) is 23.3. The Balaban J connectivity index is 1.36. The van der Waals surface area contributed by atoms with E-state index in [9.17, 15) is 0 Å². The van der Waals surface area contributed by atoms with Crippen LogP contribution in [0.2, 0.25) is 0 Å². The first-order valence-electron chi connectivity index (χ1n) is 16.4. The summed E-state index contributed by atoms with van der Waals surface area (Å²) in [6, 6.07) is 20.9. The number of amidine groups is 1. The van der Waals surface area contributed by atoms with Gasteiger partial charge in [-0.2, -0.15) is 0 Å². The van der Waals surface area contributed by atoms with E-state index in [1.54, 1.807) is 0 Å². The molecule has 2 unspecified atom stereocenters. The molecule has 2 aromatic rings. The molecule has 1 heterocycles. The zero-order valence-corrected chi connectivity index (χ0v) is 25.5. The Labute approximate surface area is 243 Å². The van der Waals surface area contributed by atoms with Crippen molar-refractivity contribution in [1.29, 1.82) is 0 Å². The van der Waals surface area contributed by atoms with Crippen LogP contribution >= 0.6 is 0 Å². The highest BCUT2D eigenvalue weighted by Crippen LogP contribution is 2.38. The van der Waals surface area contributed by atoms with Gasteiger partial charge in [0.25, 0.3) is 6.02 Å². The summed E-state index contributed by atoms with van der Waals surface area (Å²) < 4.78 is 6.46. The van der Waals surface area contributed by atoms with Crippen molar-refractivity contribution >= 4 is 6.02 Å². The summed E-state index contributed by atoms with van der Waals surface area (Å²) in [6.45, 7) is 9.33. The second kappa shape index (κ2) is 14.0. The fourth-order valence-corrected chi connectivity index (χ4v) is 7.30. The summed E-state index contributed by atoms with van der Waals surface area (Å²) in [5, 5.41) is 7.28. The van der Waals surface area contributed by atoms with Crippen LogP contribution in [0, 0.1) is 0 Å². The van der Waals surface area contributed by atoms with Gasteiger partial charge in [0, 0.05) is 37.0 Å². The molecule has 3 aliphatic rings. The zero-order chi connectivity index (χ0) is 27.9. The van der Waals surface area contributed by atoms with Gasteiger partial charge < -0.3 is 15.4 Å². The summed E-state index contributed by atoms with van der Waals surface area (Å²) in [7, 11) is 0. The van der Waals surface area contributed by atoms with Gasteiger partial charge >= 0.3 is 0 Å². The Morgan fingerprint density at radius 3 is 1.70 bits per heavy atom. The van der Waals surface area contributed by atoms with Crippen LogP contribution in [0.25, 0.3) is 0 Å². The number of rotatable bonds is 8. The maximum atomic E-state index is 6.46. The van der Waals surface area contributed by atoms with E-state index in [4.69, 9.17) is 9.73 Å². The van der Waals surface area contributed by atoms with Gasteiger partial charge in [0.2, 0.25) is 0 Å². The molecule has 0 bridgehead atoms. The molecular weight excluding hydrogens is 490 g/mol. The highest BCUT2D eigenvalue weighted by atomic mass is 16.5. The van der Waals surface area contributed by atoms with Gasteiger partial charge in [0.1, 0.15) is 6.10 Å². The molecule has 4 nitrogen and oxygen atoms in total. The SMILES string of the molecule is CC(C)/N=C(\NC(C)C)OC1CNC(C(c2ccc(C3CCCCC3)cc2)c2ccc(C3CCCCC3)cc2)C1. The minimum Gasteiger partial charge on any atom is -0.461 e. The van der Waals surface area contributed by atoms with Crippen LogP contribution in [0.5, 0.6) is 0 Å². The number of nitrogens with zero attached hydrogens (tertiary/aromatic N) is 1. The number of hydrogen-bond donors (Lipinski definition) is 2. The molecule has 40 heavy (non-hydrogen) atoms. The fraction of sp³-hybridized carbons (Fsp3) is 0.639. The maximum Gasteiger partial charge on any atom is 0.285 e. The smallest absolute Gasteiger partial charge is 0.285 e. The number of nitrogens with one attached hydrogen (secondary N) is 2. The second-order valence-electron chi connectivity index (χ2n) is 13.3. The third kappa shape index (κ3) is 7.69. The van der Waals surface area contributed by atoms with Crippen LogP contribution in [0.4, 0.5) is 0 Å². The molecule has 4 heteroatoms. The topological polar surface area (TPSA) is 45.7 Å². The summed E-state index contributed by atoms with van der Waals surface area (Å²) in [5.41, 5.74) is 5.90. The Hall–Kier alpha value is -2.33. The fourth-order valence-electron chi connectivity index (χ4n) is 7.30. The van der Waals surface area contributed by atoms with Crippen LogP contribution in [-0.4, -0.2) is 36.8 Å². The minimum absolute atomic E-state index is 0.110. The quantitative estimate of drug-likeness (QED) is 0.259. The number of hydrogen-bond acceptors (Lipinski definition) is 3. The van der Waals surface area contributed by atoms with E-state index in [1.165, 1.54) is 86.5 Å². The molecule has 2 N–H and O–H groups in total. The van der Waals surface area contributed by atoms with E-state index in [1.807, 2.05) is 0 Å². The van der Waals surface area contributed by atoms with Crippen molar-refractivity contribution in [2.24, 2.45) is 4.99 Å². The van der Waals surface area contributed by atoms with E-state index in [0.717, 1.165) is 24.8 Å². The van der Waals surface area contributed by atoms with Gasteiger partial charge in [0.15, 0.2) is 0 Å². The Morgan fingerprint density at radius 2 is 1.25 bits per heavy atom. The van der Waals surface area contributed by atoms with E-state index in [-0.39, 0.29) is 12.1 Å². The third-order valence-corrected chi connectivity index (χ3v) is 9.34. The molecule has 2 atom stereocenters. The van der Waals surface area contributed by atoms with Crippen molar-refractivity contribution in [3.8, 4) is 0 Å². The molecule has 1 saturated heterocycles. The lowest BCUT2D eigenvalue weighted by atomic mass is 9.79. The Kier molecular flexibility index (Phi) is 10.2. The summed E-state index contributed by atoms with van der Waals surface area (Å²) >= 11 is 0. The van der Waals surface area contributed by atoms with Crippen molar-refractivity contribution < 1.29 is 4.74 Å². The van der Waals surface area contributed by atoms with Gasteiger partial charge in [-0.25, -0.2) is 4.99 Å². The van der Waals surface area contributed by atoms with E-state index < -0.39 is 0 Å². The lowest BCUT2D eigenvalue weighted by molar-refractivity contribution is 0.191. The van der Waals surface area contributed by atoms with E-state index >= 15 is 0 Å². The maximum absolute atomic E-state index is 6.46. The molecule has 1 aliphatic heterocycles. The molecule has 218 valence electrons. The molecule has 3 fully saturated rings. The largest absolute Gasteiger partial charge is 0.461 e. The predicted molar refractivity (Wildman–Crippen MR) is 169 cm³/mol. The molecule has 0 spiro atoms. The summed E-state index contributed by atoms with van der Waals surface area (Å²) in [4.78, 5) is 4.73. The zero-order valence-electron chi connectivity index (χ0n) is 25.5. The molecule has 2 aliphatic carbocycles. The van der Waals surface area contributed by atoms with Crippen molar-refractivity contribution in [3.63, 3.8) is 0 Å². The van der Waals surface area contributed by atoms with E-state index in [0.29, 0.717) is 24.0 Å².